The number of aromatic nitrogens is 6. The van der Waals surface area contributed by atoms with Crippen molar-refractivity contribution in [2.24, 2.45) is 0 Å². The van der Waals surface area contributed by atoms with Crippen LogP contribution in [-0.4, -0.2) is 55.1 Å². The Morgan fingerprint density at radius 1 is 1.19 bits per heavy atom. The molecule has 1 N–H and O–H groups in total. The number of nitrogens with zero attached hydrogens (tertiary/aromatic N) is 6. The normalized spacial score (nSPS) is 15.5. The summed E-state index contributed by atoms with van der Waals surface area (Å²) < 4.78 is 18.4. The van der Waals surface area contributed by atoms with E-state index in [2.05, 4.69) is 30.8 Å². The van der Waals surface area contributed by atoms with Crippen molar-refractivity contribution in [3.63, 3.8) is 0 Å². The maximum atomic E-state index is 12.4. The molecular formula is C25H23N7O4. The third kappa shape index (κ3) is 4.24. The molecule has 11 heteroatoms. The summed E-state index contributed by atoms with van der Waals surface area (Å²) in [5.74, 6) is 1.34. The van der Waals surface area contributed by atoms with Crippen molar-refractivity contribution in [1.82, 2.24) is 35.3 Å². The zero-order valence-corrected chi connectivity index (χ0v) is 19.5. The molecule has 5 heterocycles. The second-order valence-electron chi connectivity index (χ2n) is 8.60. The Kier molecular flexibility index (Phi) is 5.74. The summed E-state index contributed by atoms with van der Waals surface area (Å²) in [5.41, 5.74) is 2.26. The smallest absolute Gasteiger partial charge is 0.252 e. The number of amides is 1. The topological polar surface area (TPSA) is 130 Å². The summed E-state index contributed by atoms with van der Waals surface area (Å²) in [7, 11) is 0. The molecule has 1 atom stereocenters. The van der Waals surface area contributed by atoms with Crippen molar-refractivity contribution >= 4 is 22.3 Å². The van der Waals surface area contributed by atoms with Crippen LogP contribution in [0, 0.1) is 6.92 Å². The quantitative estimate of drug-likeness (QED) is 0.369. The molecule has 182 valence electrons. The van der Waals surface area contributed by atoms with Gasteiger partial charge in [-0.3, -0.25) is 9.78 Å². The second kappa shape index (κ2) is 9.34. The molecule has 6 rings (SSSR count). The lowest BCUT2D eigenvalue weighted by Crippen LogP contribution is -2.31. The van der Waals surface area contributed by atoms with E-state index in [1.165, 1.54) is 0 Å². The average molecular weight is 486 g/mol. The van der Waals surface area contributed by atoms with E-state index in [-0.39, 0.29) is 18.6 Å². The van der Waals surface area contributed by atoms with Gasteiger partial charge < -0.3 is 19.3 Å². The Hall–Kier alpha value is -4.38. The van der Waals surface area contributed by atoms with Gasteiger partial charge in [-0.15, -0.1) is 15.3 Å². The largest absolute Gasteiger partial charge is 0.470 e. The van der Waals surface area contributed by atoms with Crippen LogP contribution in [0.3, 0.4) is 0 Å². The number of carbonyl (C=O) groups is 1. The van der Waals surface area contributed by atoms with Crippen molar-refractivity contribution < 1.29 is 18.8 Å². The summed E-state index contributed by atoms with van der Waals surface area (Å²) in [5, 5.41) is 21.8. The van der Waals surface area contributed by atoms with E-state index >= 15 is 0 Å². The van der Waals surface area contributed by atoms with Crippen LogP contribution in [0.4, 0.5) is 0 Å². The van der Waals surface area contributed by atoms with Crippen molar-refractivity contribution in [2.45, 2.75) is 32.5 Å². The third-order valence-electron chi connectivity index (χ3n) is 6.04. The van der Waals surface area contributed by atoms with Crippen molar-refractivity contribution in [1.29, 1.82) is 0 Å². The number of carbonyl (C=O) groups excluding carboxylic acids is 1. The van der Waals surface area contributed by atoms with Gasteiger partial charge in [-0.25, -0.2) is 0 Å². The van der Waals surface area contributed by atoms with Crippen LogP contribution < -0.4 is 10.1 Å². The molecule has 1 aliphatic heterocycles. The van der Waals surface area contributed by atoms with Gasteiger partial charge in [0.05, 0.1) is 17.4 Å². The summed E-state index contributed by atoms with van der Waals surface area (Å²) in [4.78, 5) is 16.8. The molecule has 0 bridgehead atoms. The van der Waals surface area contributed by atoms with Gasteiger partial charge in [-0.05, 0) is 38.0 Å². The minimum absolute atomic E-state index is 0.0915. The van der Waals surface area contributed by atoms with E-state index in [9.17, 15) is 4.79 Å². The molecule has 1 aromatic carbocycles. The van der Waals surface area contributed by atoms with Crippen molar-refractivity contribution in [3.05, 3.63) is 65.7 Å². The molecule has 1 saturated heterocycles. The highest BCUT2D eigenvalue weighted by Crippen LogP contribution is 2.29. The Morgan fingerprint density at radius 3 is 2.83 bits per heavy atom. The van der Waals surface area contributed by atoms with E-state index in [1.807, 2.05) is 31.2 Å². The third-order valence-corrected chi connectivity index (χ3v) is 6.04. The number of fused-ring (bicyclic) bond motifs is 3. The molecule has 0 radical (unpaired) electrons. The maximum Gasteiger partial charge on any atom is 0.252 e. The summed E-state index contributed by atoms with van der Waals surface area (Å²) in [6.45, 7) is 3.24. The number of benzene rings is 1. The summed E-state index contributed by atoms with van der Waals surface area (Å²) >= 11 is 0. The SMILES string of the molecule is Cc1cc(-c2nnc3c4ccccc4c(OCc4ccc(C(=O)NCC5CCCO5)cn4)nn23)no1. The molecule has 0 spiro atoms. The number of hydrogen-bond acceptors (Lipinski definition) is 9. The lowest BCUT2D eigenvalue weighted by atomic mass is 10.2. The molecule has 0 saturated carbocycles. The first-order chi connectivity index (χ1) is 17.7. The fraction of sp³-hybridized carbons (Fsp3) is 0.280. The standard InChI is InChI=1S/C25H23N7O4/c1-15-11-21(31-36-15)23-29-28-22-19-6-2-3-7-20(19)25(30-32(22)23)35-14-17-9-8-16(12-26-17)24(33)27-13-18-5-4-10-34-18/h2-3,6-9,11-12,18H,4-5,10,13-14H2,1H3,(H,27,33). The minimum atomic E-state index is -0.174. The number of nitrogens with one attached hydrogen (secondary N) is 1. The Balaban J connectivity index is 1.22. The first-order valence-corrected chi connectivity index (χ1v) is 11.7. The predicted octanol–water partition coefficient (Wildman–Crippen LogP) is 3.12. The molecule has 1 amide bonds. The maximum absolute atomic E-state index is 12.4. The van der Waals surface area contributed by atoms with Gasteiger partial charge >= 0.3 is 0 Å². The van der Waals surface area contributed by atoms with Crippen LogP contribution in [0.2, 0.25) is 0 Å². The fourth-order valence-electron chi connectivity index (χ4n) is 4.19. The Labute approximate surface area is 205 Å². The molecule has 1 fully saturated rings. The lowest BCUT2D eigenvalue weighted by Gasteiger charge is -2.11. The average Bonchev–Trinajstić information content (AvgIpc) is 3.67. The minimum Gasteiger partial charge on any atom is -0.470 e. The molecule has 0 aliphatic carbocycles. The Morgan fingerprint density at radius 2 is 2.08 bits per heavy atom. The van der Waals surface area contributed by atoms with Crippen LogP contribution in [0.15, 0.2) is 53.2 Å². The molecule has 1 unspecified atom stereocenters. The monoisotopic (exact) mass is 485 g/mol. The highest BCUT2D eigenvalue weighted by Gasteiger charge is 2.19. The van der Waals surface area contributed by atoms with Gasteiger partial charge in [0.15, 0.2) is 11.3 Å². The predicted molar refractivity (Wildman–Crippen MR) is 128 cm³/mol. The van der Waals surface area contributed by atoms with Crippen molar-refractivity contribution in [2.75, 3.05) is 13.2 Å². The Bertz CT molecular complexity index is 1540. The van der Waals surface area contributed by atoms with E-state index in [0.29, 0.717) is 46.6 Å². The lowest BCUT2D eigenvalue weighted by molar-refractivity contribution is 0.0857. The molecule has 11 nitrogen and oxygen atoms in total. The van der Waals surface area contributed by atoms with E-state index in [1.54, 1.807) is 28.9 Å². The van der Waals surface area contributed by atoms with Gasteiger partial charge in [0.2, 0.25) is 11.7 Å². The van der Waals surface area contributed by atoms with Gasteiger partial charge in [-0.1, -0.05) is 23.4 Å². The highest BCUT2D eigenvalue weighted by atomic mass is 16.5. The van der Waals surface area contributed by atoms with E-state index < -0.39 is 0 Å². The molecule has 5 aromatic rings. The number of pyridine rings is 1. The van der Waals surface area contributed by atoms with Gasteiger partial charge in [0.25, 0.3) is 5.91 Å². The van der Waals surface area contributed by atoms with Crippen molar-refractivity contribution in [3.8, 4) is 17.4 Å². The first kappa shape index (κ1) is 22.1. The van der Waals surface area contributed by atoms with Gasteiger partial charge in [0.1, 0.15) is 12.4 Å². The zero-order chi connectivity index (χ0) is 24.5. The number of rotatable bonds is 7. The van der Waals surface area contributed by atoms with Crippen LogP contribution in [0.5, 0.6) is 5.88 Å². The molecule has 1 aliphatic rings. The number of aryl methyl sites for hydroxylation is 1. The zero-order valence-electron chi connectivity index (χ0n) is 19.5. The highest BCUT2D eigenvalue weighted by molar-refractivity contribution is 5.97. The second-order valence-corrected chi connectivity index (χ2v) is 8.60. The van der Waals surface area contributed by atoms with Gasteiger partial charge in [0, 0.05) is 36.2 Å². The van der Waals surface area contributed by atoms with E-state index in [0.717, 1.165) is 30.2 Å². The van der Waals surface area contributed by atoms with E-state index in [4.69, 9.17) is 14.0 Å². The molecule has 4 aromatic heterocycles. The number of ether oxygens (including phenoxy) is 2. The molecule has 36 heavy (non-hydrogen) atoms. The van der Waals surface area contributed by atoms with Crippen LogP contribution in [-0.2, 0) is 11.3 Å². The summed E-state index contributed by atoms with van der Waals surface area (Å²) in [6, 6.07) is 13.0. The summed E-state index contributed by atoms with van der Waals surface area (Å²) in [6.07, 6.45) is 3.64. The van der Waals surface area contributed by atoms with Crippen LogP contribution >= 0.6 is 0 Å². The fourth-order valence-corrected chi connectivity index (χ4v) is 4.19. The first-order valence-electron chi connectivity index (χ1n) is 11.7. The van der Waals surface area contributed by atoms with Crippen LogP contribution in [0.1, 0.15) is 34.7 Å². The van der Waals surface area contributed by atoms with Crippen LogP contribution in [0.25, 0.3) is 27.9 Å². The van der Waals surface area contributed by atoms with Gasteiger partial charge in [-0.2, -0.15) is 4.52 Å². The molecular weight excluding hydrogens is 462 g/mol. The number of hydrogen-bond donors (Lipinski definition) is 1.